The lowest BCUT2D eigenvalue weighted by Gasteiger charge is -2.17. The smallest absolute Gasteiger partial charge is 0.242 e. The molecule has 10 aromatic rings. The average Bonchev–Trinajstić information content (AvgIpc) is 1.63. The molecule has 0 aliphatic carbocycles. The third-order valence-corrected chi connectivity index (χ3v) is 34.1. The number of rotatable bonds is 20. The highest BCUT2D eigenvalue weighted by Crippen LogP contribution is 2.37. The molecular weight excluding hydrogens is 2010 g/mol. The van der Waals surface area contributed by atoms with Crippen molar-refractivity contribution in [2.75, 3.05) is 0 Å². The molecule has 0 amide bonds. The van der Waals surface area contributed by atoms with Gasteiger partial charge in [-0.15, -0.1) is 29.6 Å². The molecule has 0 spiro atoms. The number of nitrogens with zero attached hydrogens (tertiary/aromatic N) is 10. The van der Waals surface area contributed by atoms with Crippen LogP contribution in [0, 0.1) is 150 Å². The van der Waals surface area contributed by atoms with E-state index in [0.717, 1.165) is 27.8 Å². The Kier molecular flexibility index (Phi) is 38.0. The maximum atomic E-state index is 13.1. The highest BCUT2D eigenvalue weighted by atomic mass is 32.2. The molecule has 10 atom stereocenters. The van der Waals surface area contributed by atoms with E-state index in [9.17, 15) is 118 Å². The largest absolute Gasteiger partial charge is 0.379 e. The first-order valence-electron chi connectivity index (χ1n) is 47.6. The third-order valence-electron chi connectivity index (χ3n) is 26.4. The van der Waals surface area contributed by atoms with Crippen LogP contribution in [0.5, 0.6) is 0 Å². The number of hydrogen-bond acceptors (Lipinski definition) is 25. The standard InChI is InChI=1S/5C22H23N3O4S/c5*1-4-5-19(26)18-9-8-17-21(30(28,29)24-18)13-25(3)22(17)20(27)11-15-7-6-14(2)16(10-15)12-23/h5*6-7,10,13,18-19,24,26H,8-9,11H2,1-3H3/t2*18-,19+;3*18-,19-/m10110/s1. The number of fused-ring (bicyclic) bond motifs is 5. The third kappa shape index (κ3) is 26.8. The van der Waals surface area contributed by atoms with E-state index < -0.39 is 111 Å². The summed E-state index contributed by atoms with van der Waals surface area (Å²) in [5.74, 6) is 24.7. The molecule has 10 heterocycles. The number of aliphatic hydroxyl groups excluding tert-OH is 5. The van der Waals surface area contributed by atoms with Gasteiger partial charge in [0.25, 0.3) is 0 Å². The number of benzene rings is 5. The molecule has 10 N–H and O–H groups in total. The van der Waals surface area contributed by atoms with Gasteiger partial charge in [-0.1, -0.05) is 90.3 Å². The molecule has 0 unspecified atom stereocenters. The lowest BCUT2D eigenvalue weighted by Crippen LogP contribution is -2.41. The minimum atomic E-state index is -3.91. The van der Waals surface area contributed by atoms with E-state index in [4.69, 9.17) is 0 Å². The zero-order valence-electron chi connectivity index (χ0n) is 85.3. The Labute approximate surface area is 874 Å². The van der Waals surface area contributed by atoms with Crippen molar-refractivity contribution in [2.24, 2.45) is 35.2 Å². The maximum absolute atomic E-state index is 13.1. The number of sulfonamides is 5. The minimum absolute atomic E-state index is 0.0501. The Bertz CT molecular complexity index is 7160. The van der Waals surface area contributed by atoms with Gasteiger partial charge < -0.3 is 48.4 Å². The summed E-state index contributed by atoms with van der Waals surface area (Å²) in [5, 5.41) is 96.8. The van der Waals surface area contributed by atoms with Crippen molar-refractivity contribution in [2.45, 2.75) is 251 Å². The number of aromatic nitrogens is 5. The van der Waals surface area contributed by atoms with Crippen LogP contribution in [0.25, 0.3) is 0 Å². The molecule has 5 aromatic carbocycles. The van der Waals surface area contributed by atoms with Crippen molar-refractivity contribution in [1.29, 1.82) is 26.3 Å². The first-order chi connectivity index (χ1) is 70.9. The summed E-state index contributed by atoms with van der Waals surface area (Å²) < 4.78 is 149. The first kappa shape index (κ1) is 116. The Balaban J connectivity index is 0.000000178. The molecule has 0 bridgehead atoms. The molecule has 0 radical (unpaired) electrons. The topological polar surface area (TPSA) is 561 Å². The quantitative estimate of drug-likeness (QED) is 0.0255. The normalized spacial score (nSPS) is 18.3. The van der Waals surface area contributed by atoms with Crippen LogP contribution in [0.4, 0.5) is 0 Å². The lowest BCUT2D eigenvalue weighted by atomic mass is 9.97. The summed E-state index contributed by atoms with van der Waals surface area (Å²) in [5.41, 5.74) is 14.0. The van der Waals surface area contributed by atoms with Gasteiger partial charge in [0.1, 0.15) is 55.0 Å². The van der Waals surface area contributed by atoms with Gasteiger partial charge in [0.05, 0.1) is 117 Å². The summed E-state index contributed by atoms with van der Waals surface area (Å²) in [4.78, 5) is 65.8. The van der Waals surface area contributed by atoms with Crippen LogP contribution in [0.2, 0.25) is 0 Å². The molecule has 35 nitrogen and oxygen atoms in total. The number of Topliss-reactive ketones (excluding diaryl/α,β-unsaturated/α-hetero) is 5. The number of nitriles is 5. The highest BCUT2D eigenvalue weighted by Gasteiger charge is 2.42. The number of carbonyl (C=O) groups excluding carboxylic acids is 5. The predicted octanol–water partition coefficient (Wildman–Crippen LogP) is 8.04. The van der Waals surface area contributed by atoms with Gasteiger partial charge in [0.2, 0.25) is 50.1 Å². The Morgan fingerprint density at radius 2 is 0.433 bits per heavy atom. The molecule has 15 rings (SSSR count). The van der Waals surface area contributed by atoms with Gasteiger partial charge in [-0.05, 0) is 219 Å². The van der Waals surface area contributed by atoms with E-state index in [1.807, 2.05) is 34.6 Å². The fourth-order valence-electron chi connectivity index (χ4n) is 18.7. The van der Waals surface area contributed by atoms with Crippen molar-refractivity contribution in [3.05, 3.63) is 262 Å². The molecule has 780 valence electrons. The lowest BCUT2D eigenvalue weighted by molar-refractivity contribution is 0.0975. The van der Waals surface area contributed by atoms with Crippen molar-refractivity contribution >= 4 is 79.0 Å². The van der Waals surface area contributed by atoms with Gasteiger partial charge >= 0.3 is 0 Å². The van der Waals surface area contributed by atoms with E-state index >= 15 is 0 Å². The second-order valence-electron chi connectivity index (χ2n) is 37.0. The number of hydrogen-bond donors (Lipinski definition) is 10. The van der Waals surface area contributed by atoms with Crippen LogP contribution >= 0.6 is 0 Å². The first-order valence-corrected chi connectivity index (χ1v) is 55.0. The van der Waals surface area contributed by atoms with Gasteiger partial charge in [-0.2, -0.15) is 26.3 Å². The molecular formula is C110H115N15O20S5. The fraction of sp³-hybridized carbons (Fsp3) is 0.364. The zero-order chi connectivity index (χ0) is 110. The van der Waals surface area contributed by atoms with Crippen LogP contribution in [-0.2, 0) is 150 Å². The Morgan fingerprint density at radius 1 is 0.287 bits per heavy atom. The van der Waals surface area contributed by atoms with E-state index in [0.29, 0.717) is 176 Å². The average molecular weight is 2130 g/mol. The van der Waals surface area contributed by atoms with Crippen LogP contribution < -0.4 is 23.6 Å². The molecule has 5 aromatic heterocycles. The second kappa shape index (κ2) is 49.3. The van der Waals surface area contributed by atoms with Crippen molar-refractivity contribution in [1.82, 2.24) is 46.4 Å². The number of ketones is 5. The molecule has 0 saturated carbocycles. The molecule has 150 heavy (non-hydrogen) atoms. The number of nitrogens with one attached hydrogen (secondary N) is 5. The molecule has 0 saturated heterocycles. The summed E-state index contributed by atoms with van der Waals surface area (Å²) in [7, 11) is -11.3. The molecule has 0 fully saturated rings. The van der Waals surface area contributed by atoms with E-state index in [1.165, 1.54) is 53.8 Å². The number of carbonyl (C=O) groups is 5. The molecule has 40 heteroatoms. The predicted molar refractivity (Wildman–Crippen MR) is 556 cm³/mol. The molecule has 5 aliphatic rings. The van der Waals surface area contributed by atoms with Gasteiger partial charge in [-0.3, -0.25) is 24.0 Å². The van der Waals surface area contributed by atoms with Crippen LogP contribution in [-0.4, -0.2) is 180 Å². The highest BCUT2D eigenvalue weighted by molar-refractivity contribution is 7.90. The second-order valence-corrected chi connectivity index (χ2v) is 45.4. The SMILES string of the molecule is CC#C[C@@H](O)[C@@H]1CCc2c(cn(C)c2C(=O)Cc2ccc(C)c(C#N)c2)S(=O)(=O)N1.CC#C[C@@H](O)[C@H]1CCc2c(cn(C)c2C(=O)Cc2ccc(C)c(C#N)c2)S(=O)(=O)N1.CC#C[C@@H](O)[C@H]1CCc2c(cn(C)c2C(=O)Cc2ccc(C)c(C#N)c2)S(=O)(=O)N1.CC#C[C@H](O)[C@@H]1CCc2c(cn(C)c2C(=O)Cc2ccc(C)c(C#N)c2)S(=O)(=O)N1.CC#C[C@H](O)[C@H]1CCc2c(cn(C)c2C(=O)Cc2ccc(C)c(C#N)c2)S(=O)(=O)N1. The fourth-order valence-corrected chi connectivity index (χ4v) is 26.7. The molecule has 5 aliphatic heterocycles. The summed E-state index contributed by atoms with van der Waals surface area (Å²) in [6, 6.07) is 33.2. The summed E-state index contributed by atoms with van der Waals surface area (Å²) in [6.45, 7) is 17.0. The van der Waals surface area contributed by atoms with Crippen molar-refractivity contribution < 1.29 is 91.6 Å². The number of aryl methyl sites for hydroxylation is 10. The zero-order valence-corrected chi connectivity index (χ0v) is 89.4. The van der Waals surface area contributed by atoms with Crippen LogP contribution in [0.15, 0.2) is 146 Å². The number of aliphatic hydroxyl groups is 5. The Hall–Kier alpha value is -14.6. The van der Waals surface area contributed by atoms with Gasteiger partial charge in [0, 0.05) is 126 Å². The minimum Gasteiger partial charge on any atom is -0.379 e. The van der Waals surface area contributed by atoms with E-state index in [2.05, 4.69) is 113 Å². The maximum Gasteiger partial charge on any atom is 0.242 e. The Morgan fingerprint density at radius 3 is 0.567 bits per heavy atom. The van der Waals surface area contributed by atoms with Gasteiger partial charge in [-0.25, -0.2) is 65.7 Å². The van der Waals surface area contributed by atoms with Gasteiger partial charge in [0.15, 0.2) is 28.9 Å². The monoisotopic (exact) mass is 2130 g/mol. The summed E-state index contributed by atoms with van der Waals surface area (Å²) >= 11 is 0. The summed E-state index contributed by atoms with van der Waals surface area (Å²) in [6.07, 6.45) is 4.95. The van der Waals surface area contributed by atoms with E-state index in [-0.39, 0.29) is 85.5 Å². The van der Waals surface area contributed by atoms with Crippen LogP contribution in [0.3, 0.4) is 0 Å². The van der Waals surface area contributed by atoms with Crippen molar-refractivity contribution in [3.63, 3.8) is 0 Å². The van der Waals surface area contributed by atoms with Crippen LogP contribution in [0.1, 0.15) is 230 Å². The van der Waals surface area contributed by atoms with Crippen molar-refractivity contribution in [3.8, 4) is 89.6 Å². The van der Waals surface area contributed by atoms with E-state index in [1.54, 1.807) is 161 Å².